The lowest BCUT2D eigenvalue weighted by Gasteiger charge is -2.18. The average molecular weight is 1070 g/mol. The first kappa shape index (κ1) is 72.8. The van der Waals surface area contributed by atoms with Gasteiger partial charge in [-0.05, 0) is 116 Å². The topological polar surface area (TPSA) is 78.9 Å². The summed E-state index contributed by atoms with van der Waals surface area (Å²) in [7, 11) is 0. The summed E-state index contributed by atoms with van der Waals surface area (Å²) in [6.45, 7) is 6.47. The Kier molecular flexibility index (Phi) is 60.8. The van der Waals surface area contributed by atoms with Crippen LogP contribution < -0.4 is 0 Å². The minimum Gasteiger partial charge on any atom is -0.462 e. The summed E-state index contributed by atoms with van der Waals surface area (Å²) in [5.74, 6) is -0.902. The second kappa shape index (κ2) is 64.3. The molecule has 0 fully saturated rings. The van der Waals surface area contributed by atoms with Gasteiger partial charge in [0.1, 0.15) is 13.2 Å². The fourth-order valence-corrected chi connectivity index (χ4v) is 8.67. The van der Waals surface area contributed by atoms with Crippen LogP contribution in [0.4, 0.5) is 0 Å². The van der Waals surface area contributed by atoms with E-state index in [-0.39, 0.29) is 31.1 Å². The summed E-state index contributed by atoms with van der Waals surface area (Å²) in [5, 5.41) is 0. The van der Waals surface area contributed by atoms with Crippen molar-refractivity contribution < 1.29 is 28.6 Å². The second-order valence-electron chi connectivity index (χ2n) is 20.9. The molecule has 0 saturated carbocycles. The van der Waals surface area contributed by atoms with Gasteiger partial charge < -0.3 is 14.2 Å². The van der Waals surface area contributed by atoms with Crippen LogP contribution in [0, 0.1) is 0 Å². The van der Waals surface area contributed by atoms with Crippen LogP contribution in [-0.4, -0.2) is 37.2 Å². The molecule has 0 N–H and O–H groups in total. The first-order valence-electron chi connectivity index (χ1n) is 32.0. The number of allylic oxidation sites excluding steroid dienone is 20. The standard InChI is InChI=1S/C71H118O6/c1-4-7-10-13-16-19-21-23-25-26-27-28-29-30-31-32-33-34-35-36-37-38-39-40-41-42-43-44-46-47-49-52-55-58-61-64-70(73)76-67-68(66-75-69(72)63-60-57-54-51-18-15-12-9-6-3)77-71(74)65-62-59-56-53-50-48-45-24-22-20-17-14-11-8-5-2/h7,10,16-17,19-20,23-25,27-28,30-31,33-34,36-37,39-40,45,68H,4-6,8-9,11-15,18,21-22,26,29,32,35,38,41-44,46-67H2,1-3H3/b10-7-,19-16-,20-17-,25-23-,28-27-,31-30-,34-33-,37-36-,40-39-,45-24-. The molecule has 0 aromatic carbocycles. The van der Waals surface area contributed by atoms with Crippen molar-refractivity contribution in [1.29, 1.82) is 0 Å². The summed E-state index contributed by atoms with van der Waals surface area (Å²) >= 11 is 0. The first-order valence-corrected chi connectivity index (χ1v) is 32.0. The maximum Gasteiger partial charge on any atom is 0.306 e. The molecule has 0 heterocycles. The Morgan fingerprint density at radius 2 is 0.506 bits per heavy atom. The highest BCUT2D eigenvalue weighted by atomic mass is 16.6. The van der Waals surface area contributed by atoms with Crippen molar-refractivity contribution in [2.75, 3.05) is 13.2 Å². The van der Waals surface area contributed by atoms with Crippen LogP contribution in [0.5, 0.6) is 0 Å². The summed E-state index contributed by atoms with van der Waals surface area (Å²) in [5.41, 5.74) is 0. The Morgan fingerprint density at radius 1 is 0.273 bits per heavy atom. The predicted molar refractivity (Wildman–Crippen MR) is 334 cm³/mol. The number of ether oxygens (including phenoxy) is 3. The first-order chi connectivity index (χ1) is 38.0. The third kappa shape index (κ3) is 62.5. The molecular weight excluding hydrogens is 949 g/mol. The van der Waals surface area contributed by atoms with Crippen LogP contribution in [-0.2, 0) is 28.6 Å². The molecule has 0 rings (SSSR count). The Balaban J connectivity index is 4.15. The zero-order valence-corrected chi connectivity index (χ0v) is 50.2. The minimum absolute atomic E-state index is 0.0837. The van der Waals surface area contributed by atoms with Gasteiger partial charge in [0.25, 0.3) is 0 Å². The Morgan fingerprint density at radius 3 is 0.818 bits per heavy atom. The van der Waals surface area contributed by atoms with Gasteiger partial charge in [0.2, 0.25) is 0 Å². The minimum atomic E-state index is -0.786. The predicted octanol–water partition coefficient (Wildman–Crippen LogP) is 22.0. The lowest BCUT2D eigenvalue weighted by Crippen LogP contribution is -2.30. The van der Waals surface area contributed by atoms with Gasteiger partial charge in [0.05, 0.1) is 0 Å². The highest BCUT2D eigenvalue weighted by molar-refractivity contribution is 5.71. The van der Waals surface area contributed by atoms with Crippen LogP contribution in [0.25, 0.3) is 0 Å². The molecule has 77 heavy (non-hydrogen) atoms. The smallest absolute Gasteiger partial charge is 0.306 e. The Hall–Kier alpha value is -4.19. The number of carbonyl (C=O) groups excluding carboxylic acids is 3. The third-order valence-corrected chi connectivity index (χ3v) is 13.5. The van der Waals surface area contributed by atoms with Gasteiger partial charge in [0, 0.05) is 19.3 Å². The number of hydrogen-bond donors (Lipinski definition) is 0. The zero-order chi connectivity index (χ0) is 55.7. The molecule has 1 atom stereocenters. The molecule has 438 valence electrons. The average Bonchev–Trinajstić information content (AvgIpc) is 3.43. The van der Waals surface area contributed by atoms with E-state index in [4.69, 9.17) is 14.2 Å². The molecule has 6 heteroatoms. The molecular formula is C71H118O6. The molecule has 0 aromatic rings. The lowest BCUT2D eigenvalue weighted by atomic mass is 10.1. The zero-order valence-electron chi connectivity index (χ0n) is 50.2. The van der Waals surface area contributed by atoms with E-state index in [1.165, 1.54) is 116 Å². The second-order valence-corrected chi connectivity index (χ2v) is 20.9. The molecule has 0 spiro atoms. The Bertz CT molecular complexity index is 1600. The number of unbranched alkanes of at least 4 members (excludes halogenated alkanes) is 26. The molecule has 0 aromatic heterocycles. The highest BCUT2D eigenvalue weighted by Crippen LogP contribution is 2.15. The van der Waals surface area contributed by atoms with Crippen LogP contribution in [0.3, 0.4) is 0 Å². The van der Waals surface area contributed by atoms with E-state index in [0.29, 0.717) is 19.3 Å². The van der Waals surface area contributed by atoms with Crippen LogP contribution in [0.2, 0.25) is 0 Å². The summed E-state index contributed by atoms with van der Waals surface area (Å²) < 4.78 is 16.8. The van der Waals surface area contributed by atoms with Crippen molar-refractivity contribution in [3.8, 4) is 0 Å². The van der Waals surface area contributed by atoms with E-state index in [2.05, 4.69) is 142 Å². The number of rotatable bonds is 57. The summed E-state index contributed by atoms with van der Waals surface area (Å²) in [6.07, 6.45) is 89.3. The SMILES string of the molecule is CC/C=C\C/C=C\C/C=C\C/C=C\C/C=C\C/C=C\C/C=C\C/C=C\CCCCCCCCCCCCC(=O)OCC(COC(=O)CCCCCCCCCCC)OC(=O)CCCCCCC/C=C\C/C=C\CCCCC. The van der Waals surface area contributed by atoms with Crippen molar-refractivity contribution >= 4 is 17.9 Å². The van der Waals surface area contributed by atoms with Crippen molar-refractivity contribution in [2.45, 2.75) is 297 Å². The molecule has 0 aliphatic heterocycles. The van der Waals surface area contributed by atoms with E-state index in [9.17, 15) is 14.4 Å². The van der Waals surface area contributed by atoms with Gasteiger partial charge in [-0.2, -0.15) is 0 Å². The number of esters is 3. The van der Waals surface area contributed by atoms with E-state index in [0.717, 1.165) is 135 Å². The van der Waals surface area contributed by atoms with Crippen molar-refractivity contribution in [1.82, 2.24) is 0 Å². The van der Waals surface area contributed by atoms with Gasteiger partial charge in [-0.1, -0.05) is 277 Å². The van der Waals surface area contributed by atoms with Gasteiger partial charge in [-0.15, -0.1) is 0 Å². The fourth-order valence-electron chi connectivity index (χ4n) is 8.67. The largest absolute Gasteiger partial charge is 0.462 e. The van der Waals surface area contributed by atoms with E-state index in [1.54, 1.807) is 0 Å². The third-order valence-electron chi connectivity index (χ3n) is 13.5. The van der Waals surface area contributed by atoms with E-state index in [1.807, 2.05) is 0 Å². The molecule has 0 bridgehead atoms. The lowest BCUT2D eigenvalue weighted by molar-refractivity contribution is -0.167. The molecule has 0 amide bonds. The molecule has 0 aliphatic carbocycles. The van der Waals surface area contributed by atoms with E-state index < -0.39 is 6.10 Å². The van der Waals surface area contributed by atoms with Gasteiger partial charge in [0.15, 0.2) is 6.10 Å². The molecule has 6 nitrogen and oxygen atoms in total. The van der Waals surface area contributed by atoms with E-state index >= 15 is 0 Å². The Labute approximate surface area is 475 Å². The number of hydrogen-bond acceptors (Lipinski definition) is 6. The van der Waals surface area contributed by atoms with Crippen molar-refractivity contribution in [3.63, 3.8) is 0 Å². The molecule has 0 saturated heterocycles. The monoisotopic (exact) mass is 1070 g/mol. The van der Waals surface area contributed by atoms with Gasteiger partial charge in [-0.3, -0.25) is 14.4 Å². The molecule has 0 aliphatic rings. The van der Waals surface area contributed by atoms with Gasteiger partial charge in [-0.25, -0.2) is 0 Å². The van der Waals surface area contributed by atoms with Crippen LogP contribution in [0.15, 0.2) is 122 Å². The maximum absolute atomic E-state index is 12.8. The summed E-state index contributed by atoms with van der Waals surface area (Å²) in [6, 6.07) is 0. The van der Waals surface area contributed by atoms with Crippen molar-refractivity contribution in [3.05, 3.63) is 122 Å². The number of carbonyl (C=O) groups is 3. The normalized spacial score (nSPS) is 12.9. The quantitative estimate of drug-likeness (QED) is 0.0261. The molecule has 0 radical (unpaired) electrons. The van der Waals surface area contributed by atoms with Crippen molar-refractivity contribution in [2.24, 2.45) is 0 Å². The van der Waals surface area contributed by atoms with Crippen LogP contribution >= 0.6 is 0 Å². The maximum atomic E-state index is 12.8. The summed E-state index contributed by atoms with van der Waals surface area (Å²) in [4.78, 5) is 38.1. The van der Waals surface area contributed by atoms with Gasteiger partial charge >= 0.3 is 17.9 Å². The fraction of sp³-hybridized carbons (Fsp3) is 0.676. The highest BCUT2D eigenvalue weighted by Gasteiger charge is 2.19. The molecule has 1 unspecified atom stereocenters. The van der Waals surface area contributed by atoms with Crippen LogP contribution in [0.1, 0.15) is 290 Å².